The van der Waals surface area contributed by atoms with Crippen molar-refractivity contribution < 1.29 is 27.1 Å². The van der Waals surface area contributed by atoms with E-state index in [0.29, 0.717) is 56.7 Å². The minimum atomic E-state index is -1.16. The third kappa shape index (κ3) is 5.77. The zero-order valence-corrected chi connectivity index (χ0v) is 29.4. The van der Waals surface area contributed by atoms with Gasteiger partial charge in [0.1, 0.15) is 30.2 Å². The molecule has 0 unspecified atom stereocenters. The van der Waals surface area contributed by atoms with Crippen molar-refractivity contribution in [3.05, 3.63) is 40.7 Å². The third-order valence-corrected chi connectivity index (χ3v) is 13.0. The molecule has 0 spiro atoms. The van der Waals surface area contributed by atoms with Gasteiger partial charge >= 0.3 is 6.01 Å². The summed E-state index contributed by atoms with van der Waals surface area (Å²) in [6.45, 7) is 2.39. The summed E-state index contributed by atoms with van der Waals surface area (Å²) in [5.41, 5.74) is 5.24. The second-order valence-corrected chi connectivity index (χ2v) is 16.4. The number of likely N-dealkylation sites (tertiary alicyclic amines) is 1. The maximum Gasteiger partial charge on any atom is 0.319 e. The monoisotopic (exact) mass is 743 g/mol. The fourth-order valence-corrected chi connectivity index (χ4v) is 9.99. The van der Waals surface area contributed by atoms with Crippen molar-refractivity contribution in [2.45, 2.75) is 81.2 Å². The Morgan fingerprint density at radius 3 is 2.65 bits per heavy atom. The molecule has 1 saturated carbocycles. The largest absolute Gasteiger partial charge is 0.461 e. The number of nitrogen functional groups attached to an aromatic ring is 1. The van der Waals surface area contributed by atoms with Crippen LogP contribution in [0.25, 0.3) is 32.1 Å². The highest BCUT2D eigenvalue weighted by Crippen LogP contribution is 2.45. The Balaban J connectivity index is 1.04. The van der Waals surface area contributed by atoms with E-state index < -0.39 is 29.2 Å². The molecule has 4 N–H and O–H groups in total. The van der Waals surface area contributed by atoms with Crippen molar-refractivity contribution in [1.29, 1.82) is 0 Å². The molecular formula is C36H38ClF4N7O2S. The van der Waals surface area contributed by atoms with Gasteiger partial charge in [0.2, 0.25) is 5.91 Å². The normalized spacial score (nSPS) is 26.9. The summed E-state index contributed by atoms with van der Waals surface area (Å²) < 4.78 is 67.1. The number of anilines is 2. The molecule has 2 aromatic heterocycles. The van der Waals surface area contributed by atoms with E-state index in [0.717, 1.165) is 36.8 Å². The minimum Gasteiger partial charge on any atom is -0.461 e. The van der Waals surface area contributed by atoms with Crippen molar-refractivity contribution in [1.82, 2.24) is 25.1 Å². The number of nitrogens with zero attached hydrogens (tertiary/aromatic N) is 4. The van der Waals surface area contributed by atoms with Crippen LogP contribution in [0.2, 0.25) is 5.02 Å². The number of rotatable bonds is 8. The first kappa shape index (κ1) is 33.4. The van der Waals surface area contributed by atoms with Crippen molar-refractivity contribution in [2.75, 3.05) is 43.8 Å². The lowest BCUT2D eigenvalue weighted by Gasteiger charge is -2.33. The van der Waals surface area contributed by atoms with E-state index in [1.165, 1.54) is 31.4 Å². The molecule has 9 nitrogen and oxygen atoms in total. The maximum atomic E-state index is 16.9. The number of halogens is 5. The standard InChI is InChI=1S/C36H38ClF4N7O2S/c37-23-11-22-30(28(41)26(23)20-12-24(39)27(40)32-21(20)13-25(42)51-32)45-35(50-16-36-7-2-8-48(36)15-18(38)14-36)46-33(22)43-19-5-9-47(10-6-19)34(49)31-29(44-31)17-3-1-4-17/h11-13,17-19,29,31,44H,1-10,14-16,42H2,(H,43,45,46)/t18-,29-,31+,36+/m1/s1. The predicted octanol–water partition coefficient (Wildman–Crippen LogP) is 6.66. The molecule has 5 aliphatic rings. The van der Waals surface area contributed by atoms with Gasteiger partial charge in [-0.1, -0.05) is 18.0 Å². The number of hydrogen-bond donors (Lipinski definition) is 3. The number of aromatic nitrogens is 2. The van der Waals surface area contributed by atoms with E-state index >= 15 is 4.39 Å². The molecule has 4 aliphatic heterocycles. The molecule has 270 valence electrons. The summed E-state index contributed by atoms with van der Waals surface area (Å²) in [6.07, 6.45) is 5.96. The Morgan fingerprint density at radius 2 is 1.88 bits per heavy atom. The first-order valence-electron chi connectivity index (χ1n) is 17.8. The predicted molar refractivity (Wildman–Crippen MR) is 189 cm³/mol. The van der Waals surface area contributed by atoms with Gasteiger partial charge in [-0.3, -0.25) is 15.0 Å². The molecule has 1 aliphatic carbocycles. The topological polar surface area (TPSA) is 119 Å². The Morgan fingerprint density at radius 1 is 1.08 bits per heavy atom. The average Bonchev–Trinajstić information content (AvgIpc) is 3.41. The van der Waals surface area contributed by atoms with Gasteiger partial charge in [-0.2, -0.15) is 9.97 Å². The molecule has 9 rings (SSSR count). The molecular weight excluding hydrogens is 706 g/mol. The smallest absolute Gasteiger partial charge is 0.319 e. The maximum absolute atomic E-state index is 16.9. The Labute approximate surface area is 300 Å². The van der Waals surface area contributed by atoms with Crippen LogP contribution in [0.15, 0.2) is 18.2 Å². The SMILES string of the molecule is Nc1cc2c(-c3c(Cl)cc4c(NC5CCN(C(=O)[C@H]6N[C@@H]6C6CCC6)CC5)nc(OC[C@@]56CCCN5C[C@H](F)C6)nc4c3F)cc(F)c(F)c2s1. The Kier molecular flexibility index (Phi) is 8.24. The highest BCUT2D eigenvalue weighted by Gasteiger charge is 2.51. The van der Waals surface area contributed by atoms with Crippen LogP contribution in [0.3, 0.4) is 0 Å². The van der Waals surface area contributed by atoms with E-state index in [1.54, 1.807) is 0 Å². The number of amides is 1. The number of carbonyl (C=O) groups excluding carboxylic acids is 1. The molecule has 4 saturated heterocycles. The molecule has 5 fully saturated rings. The first-order valence-corrected chi connectivity index (χ1v) is 19.0. The summed E-state index contributed by atoms with van der Waals surface area (Å²) in [5, 5.41) is 7.54. The number of nitrogens with two attached hydrogens (primary N) is 1. The summed E-state index contributed by atoms with van der Waals surface area (Å²) in [4.78, 5) is 26.4. The van der Waals surface area contributed by atoms with Crippen molar-refractivity contribution >= 4 is 60.7 Å². The van der Waals surface area contributed by atoms with Crippen LogP contribution in [0.5, 0.6) is 6.01 Å². The number of nitrogens with one attached hydrogen (secondary N) is 2. The van der Waals surface area contributed by atoms with Crippen molar-refractivity contribution in [3.8, 4) is 17.1 Å². The van der Waals surface area contributed by atoms with E-state index in [-0.39, 0.29) is 72.7 Å². The van der Waals surface area contributed by atoms with Crippen LogP contribution in [0.1, 0.15) is 51.4 Å². The number of ether oxygens (including phenoxy) is 1. The van der Waals surface area contributed by atoms with Crippen LogP contribution in [-0.2, 0) is 4.79 Å². The number of alkyl halides is 1. The van der Waals surface area contributed by atoms with Crippen LogP contribution in [0, 0.1) is 23.4 Å². The van der Waals surface area contributed by atoms with E-state index in [2.05, 4.69) is 25.5 Å². The summed E-state index contributed by atoms with van der Waals surface area (Å²) in [6, 6.07) is 3.92. The summed E-state index contributed by atoms with van der Waals surface area (Å²) >= 11 is 7.63. The molecule has 4 aromatic rings. The zero-order chi connectivity index (χ0) is 35.2. The van der Waals surface area contributed by atoms with Gasteiger partial charge in [0.15, 0.2) is 17.5 Å². The lowest BCUT2D eigenvalue weighted by atomic mass is 9.81. The van der Waals surface area contributed by atoms with E-state index in [9.17, 15) is 18.0 Å². The zero-order valence-electron chi connectivity index (χ0n) is 27.8. The average molecular weight is 744 g/mol. The summed E-state index contributed by atoms with van der Waals surface area (Å²) in [5.74, 6) is -2.03. The number of thiophene rings is 1. The number of benzene rings is 2. The highest BCUT2D eigenvalue weighted by atomic mass is 35.5. The highest BCUT2D eigenvalue weighted by molar-refractivity contribution is 7.22. The van der Waals surface area contributed by atoms with E-state index in [4.69, 9.17) is 22.1 Å². The quantitative estimate of drug-likeness (QED) is 0.136. The molecule has 4 atom stereocenters. The van der Waals surface area contributed by atoms with Crippen LogP contribution in [-0.4, -0.2) is 88.3 Å². The fourth-order valence-electron chi connectivity index (χ4n) is 8.82. The molecule has 2 aromatic carbocycles. The molecule has 1 amide bonds. The molecule has 6 heterocycles. The van der Waals surface area contributed by atoms with Crippen LogP contribution in [0.4, 0.5) is 28.4 Å². The van der Waals surface area contributed by atoms with E-state index in [1.807, 2.05) is 4.90 Å². The number of hydrogen-bond acceptors (Lipinski definition) is 9. The lowest BCUT2D eigenvalue weighted by Crippen LogP contribution is -2.45. The molecule has 0 radical (unpaired) electrons. The van der Waals surface area contributed by atoms with Gasteiger partial charge in [-0.15, -0.1) is 11.3 Å². The third-order valence-electron chi connectivity index (χ3n) is 11.8. The molecule has 51 heavy (non-hydrogen) atoms. The second kappa shape index (κ2) is 12.6. The number of carbonyl (C=O) groups is 1. The minimum absolute atomic E-state index is 0.0407. The van der Waals surface area contributed by atoms with Gasteiger partial charge in [0.25, 0.3) is 0 Å². The first-order chi connectivity index (χ1) is 24.6. The van der Waals surface area contributed by atoms with Gasteiger partial charge in [-0.25, -0.2) is 17.6 Å². The fraction of sp³-hybridized carbons (Fsp3) is 0.528. The molecule has 0 bridgehead atoms. The van der Waals surface area contributed by atoms with Crippen molar-refractivity contribution in [2.24, 2.45) is 5.92 Å². The van der Waals surface area contributed by atoms with Gasteiger partial charge in [0, 0.05) is 54.5 Å². The molecule has 15 heteroatoms. The Bertz CT molecular complexity index is 2060. The van der Waals surface area contributed by atoms with Gasteiger partial charge < -0.3 is 20.7 Å². The lowest BCUT2D eigenvalue weighted by molar-refractivity contribution is -0.131. The van der Waals surface area contributed by atoms with Gasteiger partial charge in [0.05, 0.1) is 20.3 Å². The van der Waals surface area contributed by atoms with Crippen LogP contribution >= 0.6 is 22.9 Å². The van der Waals surface area contributed by atoms with Crippen LogP contribution < -0.4 is 21.1 Å². The second-order valence-electron chi connectivity index (χ2n) is 14.9. The number of fused-ring (bicyclic) bond motifs is 3. The van der Waals surface area contributed by atoms with Crippen molar-refractivity contribution in [3.63, 3.8) is 0 Å². The summed E-state index contributed by atoms with van der Waals surface area (Å²) in [7, 11) is 0. The van der Waals surface area contributed by atoms with Gasteiger partial charge in [-0.05, 0) is 74.8 Å². The number of piperidine rings is 1. The Hall–Kier alpha value is -3.46.